The summed E-state index contributed by atoms with van der Waals surface area (Å²) in [7, 11) is 1.57. The zero-order valence-corrected chi connectivity index (χ0v) is 10.4. The number of nitrogens with zero attached hydrogens (tertiary/aromatic N) is 1. The fourth-order valence-electron chi connectivity index (χ4n) is 1.20. The van der Waals surface area contributed by atoms with E-state index in [4.69, 9.17) is 22.1 Å². The van der Waals surface area contributed by atoms with Crippen LogP contribution in [0, 0.1) is 0 Å². The van der Waals surface area contributed by atoms with Crippen LogP contribution in [0.2, 0.25) is 5.02 Å². The molecule has 1 rings (SSSR count). The zero-order valence-electron chi connectivity index (χ0n) is 9.62. The number of anilines is 1. The van der Waals surface area contributed by atoms with E-state index < -0.39 is 0 Å². The maximum absolute atomic E-state index is 5.97. The van der Waals surface area contributed by atoms with E-state index in [1.54, 1.807) is 19.2 Å². The first-order valence-electron chi connectivity index (χ1n) is 4.96. The van der Waals surface area contributed by atoms with Crippen molar-refractivity contribution in [3.63, 3.8) is 0 Å². The zero-order chi connectivity index (χ0) is 12.1. The highest BCUT2D eigenvalue weighted by Gasteiger charge is 2.02. The van der Waals surface area contributed by atoms with Crippen molar-refractivity contribution in [1.29, 1.82) is 0 Å². The molecule has 5 heteroatoms. The number of nitrogens with two attached hydrogens (primary N) is 1. The minimum Gasteiger partial charge on any atom is -0.495 e. The predicted octanol–water partition coefficient (Wildman–Crippen LogP) is 2.48. The Morgan fingerprint density at radius 2 is 2.19 bits per heavy atom. The molecule has 4 nitrogen and oxygen atoms in total. The van der Waals surface area contributed by atoms with E-state index in [-0.39, 0.29) is 6.04 Å². The van der Waals surface area contributed by atoms with Gasteiger partial charge in [-0.3, -0.25) is 4.99 Å². The molecule has 0 unspecified atom stereocenters. The summed E-state index contributed by atoms with van der Waals surface area (Å²) in [6.07, 6.45) is 0. The van der Waals surface area contributed by atoms with Crippen LogP contribution < -0.4 is 15.8 Å². The summed E-state index contributed by atoms with van der Waals surface area (Å²) < 4.78 is 5.05. The molecule has 0 saturated heterocycles. The van der Waals surface area contributed by atoms with Gasteiger partial charge < -0.3 is 15.8 Å². The van der Waals surface area contributed by atoms with Crippen LogP contribution in [0.5, 0.6) is 5.75 Å². The van der Waals surface area contributed by atoms with Crippen molar-refractivity contribution in [2.45, 2.75) is 19.9 Å². The third-order valence-electron chi connectivity index (χ3n) is 1.82. The molecule has 88 valence electrons. The van der Waals surface area contributed by atoms with Gasteiger partial charge in [-0.25, -0.2) is 0 Å². The predicted molar refractivity (Wildman–Crippen MR) is 68.4 cm³/mol. The van der Waals surface area contributed by atoms with Gasteiger partial charge in [-0.15, -0.1) is 0 Å². The molecular formula is C11H16ClN3O. The van der Waals surface area contributed by atoms with Gasteiger partial charge in [-0.1, -0.05) is 11.6 Å². The first-order chi connectivity index (χ1) is 7.52. The van der Waals surface area contributed by atoms with Crippen molar-refractivity contribution in [2.24, 2.45) is 10.7 Å². The minimum absolute atomic E-state index is 0.154. The number of aliphatic imine (C=N–C) groups is 1. The van der Waals surface area contributed by atoms with Crippen molar-refractivity contribution in [3.05, 3.63) is 23.2 Å². The largest absolute Gasteiger partial charge is 0.495 e. The van der Waals surface area contributed by atoms with E-state index in [9.17, 15) is 0 Å². The smallest absolute Gasteiger partial charge is 0.193 e. The summed E-state index contributed by atoms with van der Waals surface area (Å²) in [6, 6.07) is 5.49. The summed E-state index contributed by atoms with van der Waals surface area (Å²) >= 11 is 5.97. The highest BCUT2D eigenvalue weighted by Crippen LogP contribution is 2.26. The van der Waals surface area contributed by atoms with Crippen molar-refractivity contribution in [1.82, 2.24) is 0 Å². The topological polar surface area (TPSA) is 59.6 Å². The van der Waals surface area contributed by atoms with Gasteiger partial charge in [0.25, 0.3) is 0 Å². The average molecular weight is 242 g/mol. The van der Waals surface area contributed by atoms with Crippen molar-refractivity contribution in [2.75, 3.05) is 12.4 Å². The van der Waals surface area contributed by atoms with E-state index in [1.807, 2.05) is 19.9 Å². The van der Waals surface area contributed by atoms with Gasteiger partial charge in [-0.2, -0.15) is 0 Å². The molecule has 1 aromatic carbocycles. The molecule has 0 atom stereocenters. The Hall–Kier alpha value is -1.42. The van der Waals surface area contributed by atoms with E-state index >= 15 is 0 Å². The first-order valence-corrected chi connectivity index (χ1v) is 5.34. The maximum Gasteiger partial charge on any atom is 0.193 e. The fourth-order valence-corrected chi connectivity index (χ4v) is 1.46. The van der Waals surface area contributed by atoms with Crippen LogP contribution in [0.15, 0.2) is 23.2 Å². The molecule has 0 aliphatic heterocycles. The number of methoxy groups -OCH3 is 1. The Bertz CT molecular complexity index is 391. The Balaban J connectivity index is 2.79. The lowest BCUT2D eigenvalue weighted by Crippen LogP contribution is -2.23. The van der Waals surface area contributed by atoms with Gasteiger partial charge in [-0.05, 0) is 32.0 Å². The summed E-state index contributed by atoms with van der Waals surface area (Å²) in [5, 5.41) is 3.49. The number of halogens is 1. The molecule has 0 aliphatic rings. The van der Waals surface area contributed by atoms with Crippen LogP contribution in [0.4, 0.5) is 5.69 Å². The number of hydrogen-bond donors (Lipinski definition) is 2. The highest BCUT2D eigenvalue weighted by molar-refractivity contribution is 6.32. The highest BCUT2D eigenvalue weighted by atomic mass is 35.5. The minimum atomic E-state index is 0.154. The lowest BCUT2D eigenvalue weighted by atomic mass is 10.3. The average Bonchev–Trinajstić information content (AvgIpc) is 2.16. The van der Waals surface area contributed by atoms with Crippen LogP contribution in [0.1, 0.15) is 13.8 Å². The molecule has 0 amide bonds. The molecule has 0 bridgehead atoms. The molecule has 0 fully saturated rings. The van der Waals surface area contributed by atoms with Crippen molar-refractivity contribution in [3.8, 4) is 5.75 Å². The Kier molecular flexibility index (Phi) is 4.43. The standard InChI is InChI=1S/C11H16ClN3O/c1-7(2)14-11(13)15-8-4-5-10(16-3)9(12)6-8/h4-7H,1-3H3,(H3,13,14,15). The molecular weight excluding hydrogens is 226 g/mol. The summed E-state index contributed by atoms with van der Waals surface area (Å²) in [4.78, 5) is 4.15. The summed E-state index contributed by atoms with van der Waals surface area (Å²) in [5.74, 6) is 1.00. The number of benzene rings is 1. The van der Waals surface area contributed by atoms with Crippen LogP contribution in [-0.2, 0) is 0 Å². The van der Waals surface area contributed by atoms with Crippen molar-refractivity contribution < 1.29 is 4.74 Å². The number of ether oxygens (including phenoxy) is 1. The normalized spacial score (nSPS) is 11.7. The maximum atomic E-state index is 5.97. The Morgan fingerprint density at radius 3 is 2.69 bits per heavy atom. The van der Waals surface area contributed by atoms with Crippen LogP contribution in [-0.4, -0.2) is 19.1 Å². The summed E-state index contributed by atoms with van der Waals surface area (Å²) in [6.45, 7) is 3.91. The van der Waals surface area contributed by atoms with Gasteiger partial charge in [0.2, 0.25) is 0 Å². The van der Waals surface area contributed by atoms with Crippen LogP contribution in [0.3, 0.4) is 0 Å². The number of rotatable bonds is 3. The van der Waals surface area contributed by atoms with E-state index in [0.29, 0.717) is 16.7 Å². The van der Waals surface area contributed by atoms with E-state index in [1.165, 1.54) is 0 Å². The Morgan fingerprint density at radius 1 is 1.50 bits per heavy atom. The third-order valence-corrected chi connectivity index (χ3v) is 2.12. The Labute approximate surface area is 100 Å². The second-order valence-corrected chi connectivity index (χ2v) is 3.99. The van der Waals surface area contributed by atoms with Gasteiger partial charge in [0.05, 0.1) is 12.1 Å². The van der Waals surface area contributed by atoms with Gasteiger partial charge in [0, 0.05) is 11.7 Å². The molecule has 0 radical (unpaired) electrons. The molecule has 16 heavy (non-hydrogen) atoms. The van der Waals surface area contributed by atoms with Crippen LogP contribution >= 0.6 is 11.6 Å². The molecule has 0 heterocycles. The molecule has 0 aromatic heterocycles. The quantitative estimate of drug-likeness (QED) is 0.631. The second-order valence-electron chi connectivity index (χ2n) is 3.58. The molecule has 1 aromatic rings. The first kappa shape index (κ1) is 12.6. The molecule has 0 spiro atoms. The van der Waals surface area contributed by atoms with Crippen LogP contribution in [0.25, 0.3) is 0 Å². The molecule has 0 saturated carbocycles. The third kappa shape index (κ3) is 3.62. The van der Waals surface area contributed by atoms with Gasteiger partial charge >= 0.3 is 0 Å². The van der Waals surface area contributed by atoms with Gasteiger partial charge in [0.15, 0.2) is 5.96 Å². The monoisotopic (exact) mass is 241 g/mol. The molecule has 0 aliphatic carbocycles. The molecule has 3 N–H and O–H groups in total. The number of hydrogen-bond acceptors (Lipinski definition) is 2. The summed E-state index contributed by atoms with van der Waals surface area (Å²) in [5.41, 5.74) is 6.48. The van der Waals surface area contributed by atoms with Gasteiger partial charge in [0.1, 0.15) is 5.75 Å². The van der Waals surface area contributed by atoms with E-state index in [2.05, 4.69) is 10.3 Å². The SMILES string of the molecule is COc1ccc(NC(N)=NC(C)C)cc1Cl. The lowest BCUT2D eigenvalue weighted by Gasteiger charge is -2.09. The van der Waals surface area contributed by atoms with E-state index in [0.717, 1.165) is 5.69 Å². The number of nitrogens with one attached hydrogen (secondary N) is 1. The number of guanidine groups is 1. The lowest BCUT2D eigenvalue weighted by molar-refractivity contribution is 0.415. The second kappa shape index (κ2) is 5.61. The fraction of sp³-hybridized carbons (Fsp3) is 0.364. The van der Waals surface area contributed by atoms with Crippen molar-refractivity contribution >= 4 is 23.2 Å².